The summed E-state index contributed by atoms with van der Waals surface area (Å²) in [6, 6.07) is 7.58. The van der Waals surface area contributed by atoms with Crippen molar-refractivity contribution in [3.63, 3.8) is 0 Å². The van der Waals surface area contributed by atoms with Gasteiger partial charge in [0, 0.05) is 17.0 Å². The molecule has 0 aromatic heterocycles. The fourth-order valence-corrected chi connectivity index (χ4v) is 1.36. The summed E-state index contributed by atoms with van der Waals surface area (Å²) in [5, 5.41) is 8.16. The Balaban J connectivity index is 2.29. The molecule has 3 nitrogen and oxygen atoms in total. The average molecular weight is 255 g/mol. The van der Waals surface area contributed by atoms with E-state index in [1.807, 2.05) is 38.1 Å². The molecule has 0 fully saturated rings. The van der Waals surface area contributed by atoms with E-state index >= 15 is 0 Å². The van der Waals surface area contributed by atoms with Gasteiger partial charge in [0.25, 0.3) is 0 Å². The molecule has 0 spiro atoms. The molecule has 0 saturated carbocycles. The van der Waals surface area contributed by atoms with E-state index in [2.05, 4.69) is 0 Å². The van der Waals surface area contributed by atoms with Crippen molar-refractivity contribution >= 4 is 17.4 Å². The van der Waals surface area contributed by atoms with Gasteiger partial charge in [0.2, 0.25) is 0 Å². The molecule has 0 saturated heterocycles. The first kappa shape index (κ1) is 14.0. The van der Waals surface area contributed by atoms with Crippen molar-refractivity contribution < 1.29 is 4.74 Å². The summed E-state index contributed by atoms with van der Waals surface area (Å²) in [4.78, 5) is 0. The highest BCUT2D eigenvalue weighted by atomic mass is 35.5. The van der Waals surface area contributed by atoms with E-state index in [9.17, 15) is 0 Å². The molecule has 3 N–H and O–H groups in total. The van der Waals surface area contributed by atoms with Crippen LogP contribution < -0.4 is 5.73 Å². The maximum Gasteiger partial charge on any atom is 0.0963 e. The smallest absolute Gasteiger partial charge is 0.0963 e. The van der Waals surface area contributed by atoms with Gasteiger partial charge in [-0.3, -0.25) is 5.41 Å². The van der Waals surface area contributed by atoms with Gasteiger partial charge in [0.1, 0.15) is 0 Å². The van der Waals surface area contributed by atoms with Crippen LogP contribution in [0.25, 0.3) is 0 Å². The van der Waals surface area contributed by atoms with Crippen LogP contribution in [0.1, 0.15) is 25.8 Å². The summed E-state index contributed by atoms with van der Waals surface area (Å²) in [6.07, 6.45) is 0.746. The maximum absolute atomic E-state index is 7.43. The minimum absolute atomic E-state index is 0.201. The summed E-state index contributed by atoms with van der Waals surface area (Å²) in [6.45, 7) is 5.04. The first-order valence-corrected chi connectivity index (χ1v) is 5.96. The molecule has 0 aliphatic heterocycles. The Labute approximate surface area is 107 Å². The molecule has 1 aromatic carbocycles. The average Bonchev–Trinajstić information content (AvgIpc) is 2.26. The van der Waals surface area contributed by atoms with E-state index in [4.69, 9.17) is 27.5 Å². The third kappa shape index (κ3) is 4.75. The van der Waals surface area contributed by atoms with Gasteiger partial charge >= 0.3 is 0 Å². The van der Waals surface area contributed by atoms with E-state index in [0.29, 0.717) is 13.2 Å². The van der Waals surface area contributed by atoms with Gasteiger partial charge in [-0.15, -0.1) is 0 Å². The van der Waals surface area contributed by atoms with Crippen LogP contribution in [0.5, 0.6) is 0 Å². The molecular weight excluding hydrogens is 236 g/mol. The van der Waals surface area contributed by atoms with Crippen molar-refractivity contribution in [2.24, 2.45) is 11.1 Å². The number of hydrogen-bond donors (Lipinski definition) is 2. The highest BCUT2D eigenvalue weighted by molar-refractivity contribution is 6.30. The molecule has 1 aromatic rings. The van der Waals surface area contributed by atoms with Crippen LogP contribution in [-0.2, 0) is 11.3 Å². The zero-order chi connectivity index (χ0) is 12.9. The molecule has 4 heteroatoms. The Kier molecular flexibility index (Phi) is 4.97. The van der Waals surface area contributed by atoms with E-state index in [0.717, 1.165) is 17.0 Å². The number of nitrogens with one attached hydrogen (secondary N) is 1. The molecule has 94 valence electrons. The number of hydrogen-bond acceptors (Lipinski definition) is 2. The zero-order valence-electron chi connectivity index (χ0n) is 10.3. The molecule has 0 amide bonds. The third-order valence-corrected chi connectivity index (χ3v) is 3.03. The minimum atomic E-state index is -0.292. The zero-order valence-corrected chi connectivity index (χ0v) is 11.1. The molecule has 0 heterocycles. The molecule has 0 aliphatic carbocycles. The second-order valence-corrected chi connectivity index (χ2v) is 5.16. The number of ether oxygens (including phenoxy) is 1. The molecular formula is C13H19ClN2O. The summed E-state index contributed by atoms with van der Waals surface area (Å²) in [7, 11) is 0. The first-order chi connectivity index (χ1) is 7.92. The molecule has 0 atom stereocenters. The lowest BCUT2D eigenvalue weighted by molar-refractivity contribution is 0.104. The summed E-state index contributed by atoms with van der Waals surface area (Å²) >= 11 is 5.79. The minimum Gasteiger partial charge on any atom is -0.387 e. The van der Waals surface area contributed by atoms with Gasteiger partial charge in [-0.1, -0.05) is 37.6 Å². The molecule has 1 rings (SSSR count). The van der Waals surface area contributed by atoms with E-state index in [-0.39, 0.29) is 11.3 Å². The fraction of sp³-hybridized carbons (Fsp3) is 0.462. The van der Waals surface area contributed by atoms with Crippen LogP contribution in [0.2, 0.25) is 5.02 Å². The lowest BCUT2D eigenvalue weighted by atomic mass is 9.88. The van der Waals surface area contributed by atoms with Gasteiger partial charge < -0.3 is 10.5 Å². The monoisotopic (exact) mass is 254 g/mol. The number of rotatable bonds is 6. The quantitative estimate of drug-likeness (QED) is 0.465. The van der Waals surface area contributed by atoms with Crippen LogP contribution in [-0.4, -0.2) is 12.4 Å². The van der Waals surface area contributed by atoms with Gasteiger partial charge in [0.05, 0.1) is 12.4 Å². The van der Waals surface area contributed by atoms with Crippen LogP contribution in [0.15, 0.2) is 24.3 Å². The molecule has 0 unspecified atom stereocenters. The second-order valence-electron chi connectivity index (χ2n) is 4.73. The highest BCUT2D eigenvalue weighted by Gasteiger charge is 2.20. The van der Waals surface area contributed by atoms with Crippen molar-refractivity contribution in [2.45, 2.75) is 26.9 Å². The van der Waals surface area contributed by atoms with Crippen LogP contribution in [0.4, 0.5) is 0 Å². The predicted octanol–water partition coefficient (Wildman–Crippen LogP) is 3.21. The normalized spacial score (nSPS) is 11.5. The van der Waals surface area contributed by atoms with Crippen LogP contribution in [0.3, 0.4) is 0 Å². The largest absolute Gasteiger partial charge is 0.387 e. The second kappa shape index (κ2) is 6.03. The SMILES string of the molecule is CC(C)(CCOCc1ccc(Cl)cc1)C(=N)N. The van der Waals surface area contributed by atoms with Gasteiger partial charge in [-0.25, -0.2) is 0 Å². The number of halogens is 1. The molecule has 0 bridgehead atoms. The van der Waals surface area contributed by atoms with Gasteiger partial charge in [-0.05, 0) is 24.1 Å². The number of benzene rings is 1. The van der Waals surface area contributed by atoms with E-state index in [1.54, 1.807) is 0 Å². The lowest BCUT2D eigenvalue weighted by Crippen LogP contribution is -2.31. The number of nitrogens with two attached hydrogens (primary N) is 1. The van der Waals surface area contributed by atoms with E-state index in [1.165, 1.54) is 0 Å². The van der Waals surface area contributed by atoms with Crippen molar-refractivity contribution in [1.29, 1.82) is 5.41 Å². The Morgan fingerprint density at radius 1 is 1.35 bits per heavy atom. The Bertz CT molecular complexity index is 374. The standard InChI is InChI=1S/C13H19ClN2O/c1-13(2,12(15)16)7-8-17-9-10-3-5-11(14)6-4-10/h3-6H,7-9H2,1-2H3,(H3,15,16). The van der Waals surface area contributed by atoms with Crippen molar-refractivity contribution in [3.8, 4) is 0 Å². The van der Waals surface area contributed by atoms with Gasteiger partial charge in [0.15, 0.2) is 0 Å². The molecule has 0 aliphatic rings. The van der Waals surface area contributed by atoms with Crippen molar-refractivity contribution in [3.05, 3.63) is 34.9 Å². The fourth-order valence-electron chi connectivity index (χ4n) is 1.23. The molecule has 0 radical (unpaired) electrons. The lowest BCUT2D eigenvalue weighted by Gasteiger charge is -2.22. The van der Waals surface area contributed by atoms with Crippen LogP contribution in [0, 0.1) is 10.8 Å². The Morgan fingerprint density at radius 3 is 2.47 bits per heavy atom. The van der Waals surface area contributed by atoms with Crippen molar-refractivity contribution in [1.82, 2.24) is 0 Å². The predicted molar refractivity (Wildman–Crippen MR) is 71.4 cm³/mol. The third-order valence-electron chi connectivity index (χ3n) is 2.78. The van der Waals surface area contributed by atoms with Crippen molar-refractivity contribution in [2.75, 3.05) is 6.61 Å². The van der Waals surface area contributed by atoms with Crippen LogP contribution >= 0.6 is 11.6 Å². The number of amidine groups is 1. The summed E-state index contributed by atoms with van der Waals surface area (Å²) in [5.74, 6) is 0.201. The maximum atomic E-state index is 7.43. The Hall–Kier alpha value is -1.06. The highest BCUT2D eigenvalue weighted by Crippen LogP contribution is 2.19. The summed E-state index contributed by atoms with van der Waals surface area (Å²) < 4.78 is 5.55. The summed E-state index contributed by atoms with van der Waals surface area (Å²) in [5.41, 5.74) is 6.29. The van der Waals surface area contributed by atoms with Gasteiger partial charge in [-0.2, -0.15) is 0 Å². The first-order valence-electron chi connectivity index (χ1n) is 5.58. The molecule has 17 heavy (non-hydrogen) atoms. The van der Waals surface area contributed by atoms with E-state index < -0.39 is 0 Å². The topological polar surface area (TPSA) is 59.1 Å². The Morgan fingerprint density at radius 2 is 1.94 bits per heavy atom.